The second-order valence-corrected chi connectivity index (χ2v) is 6.84. The van der Waals surface area contributed by atoms with Crippen LogP contribution in [0.1, 0.15) is 11.1 Å². The Hall–Kier alpha value is -2.44. The molecule has 2 amide bonds. The Kier molecular flexibility index (Phi) is 5.54. The second kappa shape index (κ2) is 7.85. The van der Waals surface area contributed by atoms with E-state index in [1.54, 1.807) is 49.6 Å². The average molecular weight is 390 g/mol. The number of carbonyl (C=O) groups excluding carboxylic acids is 2. The maximum absolute atomic E-state index is 12.7. The Labute approximate surface area is 160 Å². The lowest BCUT2D eigenvalue weighted by atomic mass is 10.1. The Morgan fingerprint density at radius 3 is 2.54 bits per heavy atom. The van der Waals surface area contributed by atoms with Gasteiger partial charge in [0.2, 0.25) is 0 Å². The molecule has 2 aromatic rings. The fourth-order valence-electron chi connectivity index (χ4n) is 2.60. The Bertz CT molecular complexity index is 897. The van der Waals surface area contributed by atoms with Gasteiger partial charge in [-0.25, -0.2) is 0 Å². The minimum atomic E-state index is -0.357. The Morgan fingerprint density at radius 1 is 1.08 bits per heavy atom. The van der Waals surface area contributed by atoms with Gasteiger partial charge in [0.05, 0.1) is 25.7 Å². The maximum atomic E-state index is 12.7. The van der Waals surface area contributed by atoms with Crippen molar-refractivity contribution in [3.05, 3.63) is 63.5 Å². The largest absolute Gasteiger partial charge is 0.493 e. The summed E-state index contributed by atoms with van der Waals surface area (Å²) in [5.41, 5.74) is 1.38. The van der Waals surface area contributed by atoms with E-state index in [9.17, 15) is 9.59 Å². The van der Waals surface area contributed by atoms with Crippen molar-refractivity contribution in [3.8, 4) is 11.5 Å². The average Bonchev–Trinajstić information content (AvgIpc) is 2.90. The molecule has 2 aromatic carbocycles. The summed E-state index contributed by atoms with van der Waals surface area (Å²) in [5, 5.41) is 0.188. The number of amides is 2. The van der Waals surface area contributed by atoms with E-state index >= 15 is 0 Å². The van der Waals surface area contributed by atoms with E-state index in [1.165, 1.54) is 12.0 Å². The summed E-state index contributed by atoms with van der Waals surface area (Å²) in [6.07, 6.45) is 1.64. The summed E-state index contributed by atoms with van der Waals surface area (Å²) >= 11 is 7.03. The third kappa shape index (κ3) is 3.57. The number of halogens is 1. The molecule has 0 spiro atoms. The van der Waals surface area contributed by atoms with Crippen LogP contribution in [0.5, 0.6) is 11.5 Å². The van der Waals surface area contributed by atoms with E-state index in [2.05, 4.69) is 0 Å². The van der Waals surface area contributed by atoms with Gasteiger partial charge in [-0.1, -0.05) is 41.9 Å². The van der Waals surface area contributed by atoms with Gasteiger partial charge in [-0.3, -0.25) is 14.5 Å². The summed E-state index contributed by atoms with van der Waals surface area (Å²) in [6.45, 7) is 0.136. The third-order valence-electron chi connectivity index (χ3n) is 3.88. The molecule has 0 bridgehead atoms. The highest BCUT2D eigenvalue weighted by Gasteiger charge is 2.35. The summed E-state index contributed by atoms with van der Waals surface area (Å²) in [5.74, 6) is 0.703. The molecule has 0 unspecified atom stereocenters. The van der Waals surface area contributed by atoms with E-state index in [0.29, 0.717) is 27.0 Å². The fraction of sp³-hybridized carbons (Fsp3) is 0.158. The zero-order valence-electron chi connectivity index (χ0n) is 14.2. The highest BCUT2D eigenvalue weighted by Crippen LogP contribution is 2.38. The number of imide groups is 1. The molecule has 1 fully saturated rings. The van der Waals surface area contributed by atoms with Crippen molar-refractivity contribution < 1.29 is 19.1 Å². The van der Waals surface area contributed by atoms with Gasteiger partial charge in [-0.05, 0) is 35.5 Å². The molecule has 0 N–H and O–H groups in total. The summed E-state index contributed by atoms with van der Waals surface area (Å²) in [4.78, 5) is 26.5. The molecule has 1 heterocycles. The summed E-state index contributed by atoms with van der Waals surface area (Å²) < 4.78 is 10.6. The van der Waals surface area contributed by atoms with Crippen LogP contribution in [-0.4, -0.2) is 30.3 Å². The number of hydrogen-bond acceptors (Lipinski definition) is 5. The molecule has 134 valence electrons. The van der Waals surface area contributed by atoms with Crippen molar-refractivity contribution in [2.24, 2.45) is 0 Å². The molecule has 0 radical (unpaired) electrons. The molecular weight excluding hydrogens is 374 g/mol. The SMILES string of the molecule is COc1cccc(/C=C2\SC(=O)N(Cc3ccccc3Cl)C2=O)c1OC. The Morgan fingerprint density at radius 2 is 1.85 bits per heavy atom. The van der Waals surface area contributed by atoms with Crippen molar-refractivity contribution in [2.45, 2.75) is 6.54 Å². The zero-order chi connectivity index (χ0) is 18.7. The van der Waals surface area contributed by atoms with Crippen LogP contribution in [0.2, 0.25) is 5.02 Å². The predicted octanol–water partition coefficient (Wildman–Crippen LogP) is 4.59. The minimum absolute atomic E-state index is 0.136. The van der Waals surface area contributed by atoms with Gasteiger partial charge < -0.3 is 9.47 Å². The number of rotatable bonds is 5. The molecule has 0 atom stereocenters. The highest BCUT2D eigenvalue weighted by atomic mass is 35.5. The molecule has 26 heavy (non-hydrogen) atoms. The van der Waals surface area contributed by atoms with E-state index in [-0.39, 0.29) is 17.7 Å². The Balaban J connectivity index is 1.90. The van der Waals surface area contributed by atoms with Crippen molar-refractivity contribution in [1.29, 1.82) is 0 Å². The maximum Gasteiger partial charge on any atom is 0.293 e. The number of para-hydroxylation sites is 1. The topological polar surface area (TPSA) is 55.8 Å². The first-order chi connectivity index (χ1) is 12.5. The first-order valence-electron chi connectivity index (χ1n) is 7.75. The molecule has 3 rings (SSSR count). The van der Waals surface area contributed by atoms with E-state index < -0.39 is 0 Å². The van der Waals surface area contributed by atoms with Crippen LogP contribution in [0.3, 0.4) is 0 Å². The van der Waals surface area contributed by atoms with Crippen LogP contribution in [0.4, 0.5) is 4.79 Å². The predicted molar refractivity (Wildman–Crippen MR) is 103 cm³/mol. The van der Waals surface area contributed by atoms with Crippen molar-refractivity contribution in [1.82, 2.24) is 4.90 Å². The molecular formula is C19H16ClNO4S. The quantitative estimate of drug-likeness (QED) is 0.700. The molecule has 0 saturated carbocycles. The molecule has 0 aliphatic carbocycles. The summed E-state index contributed by atoms with van der Waals surface area (Å²) in [7, 11) is 3.07. The second-order valence-electron chi connectivity index (χ2n) is 5.44. The number of thioether (sulfide) groups is 1. The van der Waals surface area contributed by atoms with Gasteiger partial charge in [-0.15, -0.1) is 0 Å². The lowest BCUT2D eigenvalue weighted by Gasteiger charge is -2.13. The monoisotopic (exact) mass is 389 g/mol. The molecule has 5 nitrogen and oxygen atoms in total. The van der Waals surface area contributed by atoms with Crippen molar-refractivity contribution in [2.75, 3.05) is 14.2 Å². The summed E-state index contributed by atoms with van der Waals surface area (Å²) in [6, 6.07) is 12.5. The van der Waals surface area contributed by atoms with E-state index in [0.717, 1.165) is 17.3 Å². The number of nitrogens with zero attached hydrogens (tertiary/aromatic N) is 1. The first kappa shape index (κ1) is 18.4. The standard InChI is InChI=1S/C19H16ClNO4S/c1-24-15-9-5-7-12(17(15)25-2)10-16-18(22)21(19(23)26-16)11-13-6-3-4-8-14(13)20/h3-10H,11H2,1-2H3/b16-10-. The van der Waals surface area contributed by atoms with Crippen LogP contribution >= 0.6 is 23.4 Å². The van der Waals surface area contributed by atoms with Gasteiger partial charge in [0.1, 0.15) is 0 Å². The first-order valence-corrected chi connectivity index (χ1v) is 8.94. The van der Waals surface area contributed by atoms with E-state index in [1.807, 2.05) is 6.07 Å². The van der Waals surface area contributed by atoms with Crippen LogP contribution in [-0.2, 0) is 11.3 Å². The number of ether oxygens (including phenoxy) is 2. The molecule has 0 aromatic heterocycles. The fourth-order valence-corrected chi connectivity index (χ4v) is 3.62. The van der Waals surface area contributed by atoms with Gasteiger partial charge in [0.15, 0.2) is 11.5 Å². The minimum Gasteiger partial charge on any atom is -0.493 e. The molecule has 1 aliphatic heterocycles. The van der Waals surface area contributed by atoms with Crippen molar-refractivity contribution in [3.63, 3.8) is 0 Å². The number of methoxy groups -OCH3 is 2. The lowest BCUT2D eigenvalue weighted by molar-refractivity contribution is -0.123. The van der Waals surface area contributed by atoms with Gasteiger partial charge >= 0.3 is 0 Å². The number of hydrogen-bond donors (Lipinski definition) is 0. The molecule has 7 heteroatoms. The van der Waals surface area contributed by atoms with Gasteiger partial charge in [0, 0.05) is 10.6 Å². The molecule has 1 saturated heterocycles. The van der Waals surface area contributed by atoms with Gasteiger partial charge in [0.25, 0.3) is 11.1 Å². The van der Waals surface area contributed by atoms with Crippen LogP contribution in [0, 0.1) is 0 Å². The van der Waals surface area contributed by atoms with Crippen LogP contribution < -0.4 is 9.47 Å². The normalized spacial score (nSPS) is 15.7. The third-order valence-corrected chi connectivity index (χ3v) is 5.16. The zero-order valence-corrected chi connectivity index (χ0v) is 15.8. The highest BCUT2D eigenvalue weighted by molar-refractivity contribution is 8.18. The number of carbonyl (C=O) groups is 2. The van der Waals surface area contributed by atoms with Crippen LogP contribution in [0.15, 0.2) is 47.4 Å². The number of benzene rings is 2. The smallest absolute Gasteiger partial charge is 0.293 e. The van der Waals surface area contributed by atoms with Crippen LogP contribution in [0.25, 0.3) is 6.08 Å². The van der Waals surface area contributed by atoms with Gasteiger partial charge in [-0.2, -0.15) is 0 Å². The van der Waals surface area contributed by atoms with Crippen molar-refractivity contribution >= 4 is 40.6 Å². The van der Waals surface area contributed by atoms with E-state index in [4.69, 9.17) is 21.1 Å². The molecule has 1 aliphatic rings. The lowest BCUT2D eigenvalue weighted by Crippen LogP contribution is -2.27.